The fourth-order valence-corrected chi connectivity index (χ4v) is 5.70. The van der Waals surface area contributed by atoms with Gasteiger partial charge in [0.05, 0.1) is 33.0 Å². The van der Waals surface area contributed by atoms with E-state index in [2.05, 4.69) is 21.5 Å². The number of carbonyl (C=O) groups excluding carboxylic acids is 1. The van der Waals surface area contributed by atoms with E-state index in [4.69, 9.17) is 17.3 Å². The Balaban J connectivity index is 1.87. The zero-order valence-corrected chi connectivity index (χ0v) is 25.0. The molecule has 1 fully saturated rings. The Morgan fingerprint density at radius 3 is 2.50 bits per heavy atom. The molecule has 1 aliphatic heterocycles. The molecule has 0 spiro atoms. The molecule has 1 atom stereocenters. The molecule has 0 saturated carbocycles. The molecule has 1 saturated heterocycles. The summed E-state index contributed by atoms with van der Waals surface area (Å²) in [5, 5.41) is -0.723. The molecule has 0 radical (unpaired) electrons. The molecule has 1 aliphatic rings. The van der Waals surface area contributed by atoms with Crippen LogP contribution in [0.3, 0.4) is 0 Å². The number of pyridine rings is 2. The normalized spacial score (nSPS) is 15.4. The molecule has 44 heavy (non-hydrogen) atoms. The molecule has 1 amide bonds. The summed E-state index contributed by atoms with van der Waals surface area (Å²) in [4.78, 5) is 42.6. The second-order valence-electron chi connectivity index (χ2n) is 10.8. The average molecular weight is 630 g/mol. The quantitative estimate of drug-likeness (QED) is 0.105. The summed E-state index contributed by atoms with van der Waals surface area (Å²) in [6, 6.07) is 2.28. The lowest BCUT2D eigenvalue weighted by Gasteiger charge is -2.40. The van der Waals surface area contributed by atoms with E-state index in [0.717, 1.165) is 10.6 Å². The SMILES string of the molecule is C=CC(=O)N1CCN(c2nc(=O)n(-c3c(C)ccnc3C(C)C)c3nc(-c4c(F)c(F)c(F)c(N)c4Cl)c(F)cc23)[C@@H](C)C1. The van der Waals surface area contributed by atoms with Crippen molar-refractivity contribution in [3.8, 4) is 16.9 Å². The van der Waals surface area contributed by atoms with E-state index in [1.54, 1.807) is 35.9 Å². The first-order valence-electron chi connectivity index (χ1n) is 13.7. The Hall–Kier alpha value is -4.52. The van der Waals surface area contributed by atoms with Gasteiger partial charge in [-0.15, -0.1) is 0 Å². The van der Waals surface area contributed by atoms with Crippen molar-refractivity contribution in [2.24, 2.45) is 0 Å². The van der Waals surface area contributed by atoms with Crippen molar-refractivity contribution in [1.29, 1.82) is 0 Å². The number of nitrogens with two attached hydrogens (primary N) is 1. The number of nitrogens with zero attached hydrogens (tertiary/aromatic N) is 6. The third-order valence-electron chi connectivity index (χ3n) is 7.65. The van der Waals surface area contributed by atoms with Crippen molar-refractivity contribution in [3.05, 3.63) is 81.0 Å². The number of anilines is 2. The minimum absolute atomic E-state index is 0.0613. The largest absolute Gasteiger partial charge is 0.395 e. The van der Waals surface area contributed by atoms with Gasteiger partial charge in [0.2, 0.25) is 5.91 Å². The standard InChI is InChI=1S/C30H28ClF4N7O2/c1-6-18(43)40-9-10-41(15(5)12-40)28-16-11-17(32)26(19-20(31)24(36)23(35)22(34)21(19)33)38-29(16)42(30(44)39-28)27-14(4)7-8-37-25(27)13(2)3/h6-8,11,13,15H,1,9-10,12,36H2,2-5H3/t15-/m0/s1. The van der Waals surface area contributed by atoms with Crippen LogP contribution < -0.4 is 16.3 Å². The molecule has 1 aromatic carbocycles. The number of aromatic nitrogens is 4. The summed E-state index contributed by atoms with van der Waals surface area (Å²) in [6.45, 7) is 11.6. The molecule has 14 heteroatoms. The number of benzene rings is 1. The number of nitrogen functional groups attached to an aromatic ring is 1. The molecule has 3 aromatic heterocycles. The molecule has 5 rings (SSSR count). The van der Waals surface area contributed by atoms with Crippen LogP contribution in [0.25, 0.3) is 28.0 Å². The number of piperazine rings is 1. The summed E-state index contributed by atoms with van der Waals surface area (Å²) in [6.07, 6.45) is 2.78. The second kappa shape index (κ2) is 11.5. The van der Waals surface area contributed by atoms with Crippen LogP contribution in [0.15, 0.2) is 35.8 Å². The predicted octanol–water partition coefficient (Wildman–Crippen LogP) is 5.29. The van der Waals surface area contributed by atoms with Gasteiger partial charge in [0.25, 0.3) is 0 Å². The lowest BCUT2D eigenvalue weighted by Crippen LogP contribution is -2.54. The maximum absolute atomic E-state index is 16.0. The average Bonchev–Trinajstić information content (AvgIpc) is 2.99. The lowest BCUT2D eigenvalue weighted by atomic mass is 10.0. The Morgan fingerprint density at radius 2 is 1.86 bits per heavy atom. The van der Waals surface area contributed by atoms with E-state index in [1.165, 1.54) is 6.08 Å². The van der Waals surface area contributed by atoms with E-state index in [9.17, 15) is 18.4 Å². The van der Waals surface area contributed by atoms with Gasteiger partial charge in [-0.2, -0.15) is 4.98 Å². The highest BCUT2D eigenvalue weighted by Crippen LogP contribution is 2.40. The monoisotopic (exact) mass is 629 g/mol. The van der Waals surface area contributed by atoms with Gasteiger partial charge in [-0.05, 0) is 43.5 Å². The van der Waals surface area contributed by atoms with Crippen LogP contribution in [0.5, 0.6) is 0 Å². The fourth-order valence-electron chi connectivity index (χ4n) is 5.45. The van der Waals surface area contributed by atoms with E-state index >= 15 is 8.78 Å². The van der Waals surface area contributed by atoms with Crippen LogP contribution in [0.2, 0.25) is 5.02 Å². The van der Waals surface area contributed by atoms with Crippen LogP contribution >= 0.6 is 11.6 Å². The maximum atomic E-state index is 16.0. The van der Waals surface area contributed by atoms with Gasteiger partial charge in [-0.25, -0.2) is 31.9 Å². The summed E-state index contributed by atoms with van der Waals surface area (Å²) >= 11 is 6.12. The van der Waals surface area contributed by atoms with Crippen LogP contribution in [0, 0.1) is 30.2 Å². The van der Waals surface area contributed by atoms with E-state index in [0.29, 0.717) is 16.9 Å². The first-order valence-corrected chi connectivity index (χ1v) is 14.0. The lowest BCUT2D eigenvalue weighted by molar-refractivity contribution is -0.126. The van der Waals surface area contributed by atoms with Crippen molar-refractivity contribution in [1.82, 2.24) is 24.4 Å². The van der Waals surface area contributed by atoms with E-state index < -0.39 is 50.9 Å². The third kappa shape index (κ3) is 4.94. The van der Waals surface area contributed by atoms with Gasteiger partial charge >= 0.3 is 5.69 Å². The van der Waals surface area contributed by atoms with Gasteiger partial charge in [-0.3, -0.25) is 9.78 Å². The molecule has 2 N–H and O–H groups in total. The fraction of sp³-hybridized carbons (Fsp3) is 0.300. The summed E-state index contributed by atoms with van der Waals surface area (Å²) in [5.74, 6) is -7.01. The van der Waals surface area contributed by atoms with Crippen LogP contribution in [0.1, 0.15) is 37.9 Å². The van der Waals surface area contributed by atoms with Gasteiger partial charge in [0.15, 0.2) is 28.9 Å². The zero-order valence-electron chi connectivity index (χ0n) is 24.3. The molecule has 0 aliphatic carbocycles. The van der Waals surface area contributed by atoms with E-state index in [-0.39, 0.29) is 54.4 Å². The van der Waals surface area contributed by atoms with Crippen LogP contribution in [-0.4, -0.2) is 56.0 Å². The maximum Gasteiger partial charge on any atom is 0.355 e. The molecule has 0 bridgehead atoms. The molecule has 0 unspecified atom stereocenters. The van der Waals surface area contributed by atoms with Gasteiger partial charge in [-0.1, -0.05) is 32.0 Å². The van der Waals surface area contributed by atoms with Gasteiger partial charge < -0.3 is 15.5 Å². The number of hydrogen-bond acceptors (Lipinski definition) is 7. The number of rotatable bonds is 5. The van der Waals surface area contributed by atoms with Crippen molar-refractivity contribution >= 4 is 40.0 Å². The number of carbonyl (C=O) groups is 1. The van der Waals surface area contributed by atoms with Crippen molar-refractivity contribution in [2.75, 3.05) is 30.3 Å². The first-order chi connectivity index (χ1) is 20.8. The second-order valence-corrected chi connectivity index (χ2v) is 11.2. The molecule has 9 nitrogen and oxygen atoms in total. The van der Waals surface area contributed by atoms with Crippen molar-refractivity contribution in [3.63, 3.8) is 0 Å². The Bertz CT molecular complexity index is 1880. The smallest absolute Gasteiger partial charge is 0.355 e. The number of amides is 1. The predicted molar refractivity (Wildman–Crippen MR) is 160 cm³/mol. The number of halogens is 5. The van der Waals surface area contributed by atoms with Crippen LogP contribution in [0.4, 0.5) is 29.1 Å². The summed E-state index contributed by atoms with van der Waals surface area (Å²) in [7, 11) is 0. The van der Waals surface area contributed by atoms with Crippen molar-refractivity contribution < 1.29 is 22.4 Å². The number of fused-ring (bicyclic) bond motifs is 1. The zero-order chi connectivity index (χ0) is 32.2. The summed E-state index contributed by atoms with van der Waals surface area (Å²) in [5.41, 5.74) is 3.42. The van der Waals surface area contributed by atoms with E-state index in [1.807, 2.05) is 13.8 Å². The molecular weight excluding hydrogens is 602 g/mol. The summed E-state index contributed by atoms with van der Waals surface area (Å²) < 4.78 is 60.9. The van der Waals surface area contributed by atoms with Gasteiger partial charge in [0, 0.05) is 31.9 Å². The number of aryl methyl sites for hydroxylation is 1. The third-order valence-corrected chi connectivity index (χ3v) is 8.04. The van der Waals surface area contributed by atoms with Crippen LogP contribution in [-0.2, 0) is 4.79 Å². The highest BCUT2D eigenvalue weighted by atomic mass is 35.5. The molecule has 4 heterocycles. The molecule has 4 aromatic rings. The van der Waals surface area contributed by atoms with Crippen molar-refractivity contribution in [2.45, 2.75) is 39.7 Å². The minimum Gasteiger partial charge on any atom is -0.395 e. The highest BCUT2D eigenvalue weighted by molar-refractivity contribution is 6.35. The Labute approximate surface area is 254 Å². The van der Waals surface area contributed by atoms with Gasteiger partial charge in [0.1, 0.15) is 11.5 Å². The molecular formula is C30H28ClF4N7O2. The first kappa shape index (κ1) is 30.9. The Kier molecular flexibility index (Phi) is 8.10. The topological polar surface area (TPSA) is 110 Å². The molecule has 230 valence electrons. The minimum atomic E-state index is -1.96. The number of hydrogen-bond donors (Lipinski definition) is 1. The Morgan fingerprint density at radius 1 is 1.16 bits per heavy atom. The highest BCUT2D eigenvalue weighted by Gasteiger charge is 2.32.